The highest BCUT2D eigenvalue weighted by Gasteiger charge is 2.17. The Labute approximate surface area is 92.3 Å². The van der Waals surface area contributed by atoms with Crippen LogP contribution in [-0.2, 0) is 0 Å². The van der Waals surface area contributed by atoms with Crippen LogP contribution in [0.25, 0.3) is 5.57 Å². The zero-order valence-electron chi connectivity index (χ0n) is 10.0. The van der Waals surface area contributed by atoms with E-state index in [2.05, 4.69) is 52.0 Å². The molecule has 15 heavy (non-hydrogen) atoms. The summed E-state index contributed by atoms with van der Waals surface area (Å²) >= 11 is 0. The Morgan fingerprint density at radius 3 is 2.07 bits per heavy atom. The van der Waals surface area contributed by atoms with Gasteiger partial charge in [-0.2, -0.15) is 0 Å². The van der Waals surface area contributed by atoms with Crippen LogP contribution in [0.2, 0.25) is 0 Å². The van der Waals surface area contributed by atoms with Gasteiger partial charge in [-0.25, -0.2) is 0 Å². The molecule has 0 heterocycles. The number of rotatable bonds is 1. The van der Waals surface area contributed by atoms with Crippen molar-refractivity contribution in [2.45, 2.75) is 34.1 Å². The van der Waals surface area contributed by atoms with E-state index in [0.29, 0.717) is 0 Å². The van der Waals surface area contributed by atoms with Crippen molar-refractivity contribution in [1.29, 1.82) is 0 Å². The van der Waals surface area contributed by atoms with Crippen molar-refractivity contribution in [1.82, 2.24) is 0 Å². The molecular formula is C15H18. The van der Waals surface area contributed by atoms with Crippen LogP contribution in [0.3, 0.4) is 0 Å². The third-order valence-corrected chi connectivity index (χ3v) is 3.57. The van der Waals surface area contributed by atoms with Crippen LogP contribution >= 0.6 is 0 Å². The summed E-state index contributed by atoms with van der Waals surface area (Å²) in [6, 6.07) is 8.67. The van der Waals surface area contributed by atoms with Gasteiger partial charge in [0.25, 0.3) is 0 Å². The predicted molar refractivity (Wildman–Crippen MR) is 66.8 cm³/mol. The molecule has 1 aromatic carbocycles. The minimum atomic E-state index is 1.13. The normalized spacial score (nSPS) is 16.5. The molecule has 0 aromatic heterocycles. The summed E-state index contributed by atoms with van der Waals surface area (Å²) in [4.78, 5) is 0. The van der Waals surface area contributed by atoms with Crippen LogP contribution in [0.5, 0.6) is 0 Å². The Morgan fingerprint density at radius 2 is 1.53 bits per heavy atom. The van der Waals surface area contributed by atoms with Crippen molar-refractivity contribution in [2.75, 3.05) is 0 Å². The Kier molecular flexibility index (Phi) is 2.52. The molecule has 1 aliphatic carbocycles. The molecule has 0 spiro atoms. The van der Waals surface area contributed by atoms with Crippen LogP contribution in [0.4, 0.5) is 0 Å². The molecular weight excluding hydrogens is 180 g/mol. The van der Waals surface area contributed by atoms with Gasteiger partial charge in [0, 0.05) is 0 Å². The van der Waals surface area contributed by atoms with Crippen molar-refractivity contribution in [3.63, 3.8) is 0 Å². The van der Waals surface area contributed by atoms with Gasteiger partial charge in [-0.05, 0) is 62.0 Å². The van der Waals surface area contributed by atoms with E-state index in [-0.39, 0.29) is 0 Å². The first-order valence-electron chi connectivity index (χ1n) is 5.53. The maximum Gasteiger partial charge on any atom is -0.00553 e. The lowest BCUT2D eigenvalue weighted by molar-refractivity contribution is 1.22. The van der Waals surface area contributed by atoms with Crippen LogP contribution in [-0.4, -0.2) is 0 Å². The Hall–Kier alpha value is -1.30. The van der Waals surface area contributed by atoms with Gasteiger partial charge in [-0.3, -0.25) is 0 Å². The predicted octanol–water partition coefficient (Wildman–Crippen LogP) is 4.51. The van der Waals surface area contributed by atoms with Crippen LogP contribution in [0.15, 0.2) is 41.0 Å². The van der Waals surface area contributed by atoms with Crippen LogP contribution < -0.4 is 0 Å². The molecule has 0 heteroatoms. The van der Waals surface area contributed by atoms with Gasteiger partial charge in [0.1, 0.15) is 0 Å². The molecule has 0 radical (unpaired) electrons. The van der Waals surface area contributed by atoms with Crippen LogP contribution in [0, 0.1) is 6.92 Å². The highest BCUT2D eigenvalue weighted by atomic mass is 14.2. The summed E-state index contributed by atoms with van der Waals surface area (Å²) in [5, 5.41) is 0. The maximum absolute atomic E-state index is 2.24. The molecule has 0 aliphatic heterocycles. The fraction of sp³-hybridized carbons (Fsp3) is 0.333. The maximum atomic E-state index is 2.24. The summed E-state index contributed by atoms with van der Waals surface area (Å²) in [7, 11) is 0. The van der Waals surface area contributed by atoms with Crippen molar-refractivity contribution >= 4 is 5.57 Å². The Balaban J connectivity index is 2.49. The third kappa shape index (κ3) is 1.65. The first kappa shape index (κ1) is 10.2. The first-order chi connectivity index (χ1) is 7.11. The highest BCUT2D eigenvalue weighted by molar-refractivity contribution is 5.79. The molecule has 0 atom stereocenters. The zero-order valence-corrected chi connectivity index (χ0v) is 10.0. The molecule has 0 bridgehead atoms. The third-order valence-electron chi connectivity index (χ3n) is 3.57. The summed E-state index contributed by atoms with van der Waals surface area (Å²) in [6.07, 6.45) is 1.13. The Morgan fingerprint density at radius 1 is 0.867 bits per heavy atom. The van der Waals surface area contributed by atoms with Crippen molar-refractivity contribution < 1.29 is 0 Å². The molecule has 78 valence electrons. The lowest BCUT2D eigenvalue weighted by Crippen LogP contribution is -1.88. The second-order valence-electron chi connectivity index (χ2n) is 4.50. The van der Waals surface area contributed by atoms with Crippen molar-refractivity contribution in [2.24, 2.45) is 0 Å². The first-order valence-corrected chi connectivity index (χ1v) is 5.53. The van der Waals surface area contributed by atoms with E-state index in [9.17, 15) is 0 Å². The van der Waals surface area contributed by atoms with E-state index in [4.69, 9.17) is 0 Å². The van der Waals surface area contributed by atoms with Gasteiger partial charge >= 0.3 is 0 Å². The van der Waals surface area contributed by atoms with E-state index in [0.717, 1.165) is 6.42 Å². The summed E-state index contributed by atoms with van der Waals surface area (Å²) in [6.45, 7) is 8.91. The summed E-state index contributed by atoms with van der Waals surface area (Å²) in [5.74, 6) is 0. The molecule has 1 aromatic rings. The SMILES string of the molecule is CC1=C(C)C(C)=C(c2ccccc2C)C1. The fourth-order valence-corrected chi connectivity index (χ4v) is 2.29. The molecule has 0 saturated heterocycles. The van der Waals surface area contributed by atoms with Gasteiger partial charge < -0.3 is 0 Å². The fourth-order valence-electron chi connectivity index (χ4n) is 2.29. The second kappa shape index (κ2) is 3.69. The minimum Gasteiger partial charge on any atom is -0.0657 e. The van der Waals surface area contributed by atoms with E-state index >= 15 is 0 Å². The van der Waals surface area contributed by atoms with Crippen LogP contribution in [0.1, 0.15) is 38.3 Å². The standard InChI is InChI=1S/C15H18/c1-10-7-5-6-8-14(10)15-9-11(2)12(3)13(15)4/h5-8H,9H2,1-4H3. The number of hydrogen-bond donors (Lipinski definition) is 0. The topological polar surface area (TPSA) is 0 Å². The average molecular weight is 198 g/mol. The molecule has 1 aliphatic rings. The van der Waals surface area contributed by atoms with Gasteiger partial charge in [0.05, 0.1) is 0 Å². The molecule has 2 rings (SSSR count). The molecule has 0 N–H and O–H groups in total. The van der Waals surface area contributed by atoms with Gasteiger partial charge in [-0.15, -0.1) is 0 Å². The average Bonchev–Trinajstić information content (AvgIpc) is 2.47. The zero-order chi connectivity index (χ0) is 11.0. The van der Waals surface area contributed by atoms with E-state index in [1.165, 1.54) is 33.4 Å². The molecule has 0 unspecified atom stereocenters. The van der Waals surface area contributed by atoms with Crippen molar-refractivity contribution in [3.8, 4) is 0 Å². The quantitative estimate of drug-likeness (QED) is 0.623. The summed E-state index contributed by atoms with van der Waals surface area (Å²) < 4.78 is 0. The monoisotopic (exact) mass is 198 g/mol. The van der Waals surface area contributed by atoms with Gasteiger partial charge in [0.15, 0.2) is 0 Å². The second-order valence-corrected chi connectivity index (χ2v) is 4.50. The summed E-state index contributed by atoms with van der Waals surface area (Å²) in [5.41, 5.74) is 8.80. The van der Waals surface area contributed by atoms with E-state index < -0.39 is 0 Å². The Bertz CT molecular complexity index is 459. The molecule has 0 fully saturated rings. The highest BCUT2D eigenvalue weighted by Crippen LogP contribution is 2.38. The largest absolute Gasteiger partial charge is 0.0657 e. The molecule has 0 nitrogen and oxygen atoms in total. The van der Waals surface area contributed by atoms with E-state index in [1.54, 1.807) is 0 Å². The number of hydrogen-bond acceptors (Lipinski definition) is 0. The van der Waals surface area contributed by atoms with Crippen molar-refractivity contribution in [3.05, 3.63) is 52.1 Å². The molecule has 0 amide bonds. The number of allylic oxidation sites excluding steroid dienone is 4. The lowest BCUT2D eigenvalue weighted by Gasteiger charge is -2.08. The minimum absolute atomic E-state index is 1.13. The van der Waals surface area contributed by atoms with Gasteiger partial charge in [-0.1, -0.05) is 29.8 Å². The van der Waals surface area contributed by atoms with E-state index in [1.807, 2.05) is 0 Å². The number of benzene rings is 1. The lowest BCUT2D eigenvalue weighted by atomic mass is 9.96. The molecule has 0 saturated carbocycles. The smallest absolute Gasteiger partial charge is 0.00553 e. The number of aryl methyl sites for hydroxylation is 1. The van der Waals surface area contributed by atoms with Gasteiger partial charge in [0.2, 0.25) is 0 Å².